The van der Waals surface area contributed by atoms with Gasteiger partial charge in [0.2, 0.25) is 11.9 Å². The minimum Gasteiger partial charge on any atom is -0.354 e. The smallest absolute Gasteiger partial charge is 0.258 e. The predicted octanol–water partition coefficient (Wildman–Crippen LogP) is 0.308. The Morgan fingerprint density at radius 3 is 2.71 bits per heavy atom. The van der Waals surface area contributed by atoms with E-state index in [1.54, 1.807) is 23.9 Å². The third kappa shape index (κ3) is 3.77. The van der Waals surface area contributed by atoms with Crippen molar-refractivity contribution >= 4 is 17.8 Å². The highest BCUT2D eigenvalue weighted by molar-refractivity contribution is 6.03. The molecule has 0 saturated carbocycles. The lowest BCUT2D eigenvalue weighted by molar-refractivity contribution is -0.124. The highest BCUT2D eigenvalue weighted by atomic mass is 16.2. The van der Waals surface area contributed by atoms with Crippen molar-refractivity contribution in [2.45, 2.75) is 13.5 Å². The van der Waals surface area contributed by atoms with E-state index in [2.05, 4.69) is 25.6 Å². The van der Waals surface area contributed by atoms with Crippen LogP contribution in [0, 0.1) is 6.92 Å². The van der Waals surface area contributed by atoms with Crippen LogP contribution in [0.2, 0.25) is 0 Å². The van der Waals surface area contributed by atoms with Gasteiger partial charge in [-0.05, 0) is 24.6 Å². The molecule has 1 aromatic heterocycles. The number of aromatic nitrogens is 3. The number of benzene rings is 1. The van der Waals surface area contributed by atoms with Gasteiger partial charge in [0.05, 0.1) is 6.54 Å². The second-order valence-electron chi connectivity index (χ2n) is 5.82. The van der Waals surface area contributed by atoms with E-state index >= 15 is 0 Å². The van der Waals surface area contributed by atoms with E-state index in [0.29, 0.717) is 31.1 Å². The van der Waals surface area contributed by atoms with Crippen molar-refractivity contribution in [1.29, 1.82) is 0 Å². The normalized spacial score (nSPS) is 15.2. The molecule has 0 radical (unpaired) electrons. The number of hydrogen-bond donors (Lipinski definition) is 2. The minimum atomic E-state index is -0.246. The Labute approximate surface area is 139 Å². The summed E-state index contributed by atoms with van der Waals surface area (Å²) in [6.07, 6.45) is 0. The molecule has 126 valence electrons. The molecule has 1 aliphatic rings. The summed E-state index contributed by atoms with van der Waals surface area (Å²) in [5, 5.41) is 9.59. The van der Waals surface area contributed by atoms with Gasteiger partial charge in [0.1, 0.15) is 5.82 Å². The number of amides is 2. The zero-order valence-electron chi connectivity index (χ0n) is 13.7. The molecular weight excluding hydrogens is 308 g/mol. The van der Waals surface area contributed by atoms with Crippen LogP contribution in [0.3, 0.4) is 0 Å². The fourth-order valence-electron chi connectivity index (χ4n) is 2.54. The van der Waals surface area contributed by atoms with E-state index in [1.807, 2.05) is 19.1 Å². The van der Waals surface area contributed by atoms with E-state index in [9.17, 15) is 9.59 Å². The minimum absolute atomic E-state index is 0.0513. The van der Waals surface area contributed by atoms with Gasteiger partial charge in [0, 0.05) is 32.2 Å². The second kappa shape index (κ2) is 6.79. The zero-order chi connectivity index (χ0) is 17.1. The van der Waals surface area contributed by atoms with Crippen molar-refractivity contribution in [2.75, 3.05) is 25.0 Å². The molecule has 2 amide bonds. The lowest BCUT2D eigenvalue weighted by atomic mass is 10.1. The third-order valence-electron chi connectivity index (χ3n) is 3.95. The van der Waals surface area contributed by atoms with Crippen LogP contribution in [-0.4, -0.2) is 51.1 Å². The summed E-state index contributed by atoms with van der Waals surface area (Å²) in [6, 6.07) is 7.34. The number of anilines is 1. The quantitative estimate of drug-likeness (QED) is 0.843. The summed E-state index contributed by atoms with van der Waals surface area (Å²) in [7, 11) is 1.77. The van der Waals surface area contributed by atoms with Crippen LogP contribution in [0.1, 0.15) is 21.7 Å². The van der Waals surface area contributed by atoms with Crippen LogP contribution in [0.5, 0.6) is 0 Å². The zero-order valence-corrected chi connectivity index (χ0v) is 13.7. The molecule has 1 aliphatic heterocycles. The van der Waals surface area contributed by atoms with Crippen molar-refractivity contribution in [1.82, 2.24) is 25.0 Å². The third-order valence-corrected chi connectivity index (χ3v) is 3.95. The average Bonchev–Trinajstić information content (AvgIpc) is 2.86. The maximum atomic E-state index is 12.2. The van der Waals surface area contributed by atoms with Crippen molar-refractivity contribution < 1.29 is 9.59 Å². The number of carbonyl (C=O) groups is 2. The molecule has 0 spiro atoms. The van der Waals surface area contributed by atoms with Gasteiger partial charge >= 0.3 is 0 Å². The molecular formula is C16H20N6O2. The summed E-state index contributed by atoms with van der Waals surface area (Å²) in [5.74, 6) is 0.828. The Hall–Kier alpha value is -2.74. The number of carbonyl (C=O) groups excluding carboxylic acids is 2. The lowest BCUT2D eigenvalue weighted by Crippen LogP contribution is -2.47. The first kappa shape index (κ1) is 16.1. The maximum Gasteiger partial charge on any atom is 0.258 e. The van der Waals surface area contributed by atoms with Crippen molar-refractivity contribution in [3.8, 4) is 0 Å². The number of hydrogen-bond acceptors (Lipinski definition) is 5. The first-order valence-electron chi connectivity index (χ1n) is 7.78. The second-order valence-corrected chi connectivity index (χ2v) is 5.82. The van der Waals surface area contributed by atoms with Gasteiger partial charge in [-0.1, -0.05) is 12.1 Å². The lowest BCUT2D eigenvalue weighted by Gasteiger charge is -2.26. The van der Waals surface area contributed by atoms with Crippen LogP contribution in [-0.2, 0) is 18.4 Å². The van der Waals surface area contributed by atoms with Gasteiger partial charge in [0.15, 0.2) is 0 Å². The van der Waals surface area contributed by atoms with Crippen LogP contribution < -0.4 is 10.6 Å². The van der Waals surface area contributed by atoms with Gasteiger partial charge in [-0.2, -0.15) is 4.98 Å². The topological polar surface area (TPSA) is 92.2 Å². The molecule has 1 saturated heterocycles. The molecule has 8 heteroatoms. The number of piperazine rings is 1. The molecule has 1 fully saturated rings. The summed E-state index contributed by atoms with van der Waals surface area (Å²) >= 11 is 0. The van der Waals surface area contributed by atoms with E-state index in [1.165, 1.54) is 0 Å². The highest BCUT2D eigenvalue weighted by Gasteiger charge is 2.16. The van der Waals surface area contributed by atoms with Crippen LogP contribution >= 0.6 is 0 Å². The number of nitrogens with zero attached hydrogens (tertiary/aromatic N) is 4. The Bertz CT molecular complexity index is 733. The molecule has 24 heavy (non-hydrogen) atoms. The molecule has 0 atom stereocenters. The SMILES string of the molecule is Cc1nc(NC(=O)c2ccc(CN3CCNC(=O)C3)cc2)nn1C. The van der Waals surface area contributed by atoms with Gasteiger partial charge in [-0.25, -0.2) is 0 Å². The van der Waals surface area contributed by atoms with E-state index in [4.69, 9.17) is 0 Å². The molecule has 2 N–H and O–H groups in total. The largest absolute Gasteiger partial charge is 0.354 e. The van der Waals surface area contributed by atoms with Crippen molar-refractivity contribution in [2.24, 2.45) is 7.05 Å². The Morgan fingerprint density at radius 2 is 2.08 bits per heavy atom. The Morgan fingerprint density at radius 1 is 1.33 bits per heavy atom. The molecule has 1 aromatic carbocycles. The van der Waals surface area contributed by atoms with Gasteiger partial charge in [-0.3, -0.25) is 24.5 Å². The molecule has 2 aromatic rings. The summed E-state index contributed by atoms with van der Waals surface area (Å²) in [5.41, 5.74) is 1.60. The maximum absolute atomic E-state index is 12.2. The van der Waals surface area contributed by atoms with Gasteiger partial charge in [0.25, 0.3) is 5.91 Å². The summed E-state index contributed by atoms with van der Waals surface area (Å²) in [4.78, 5) is 29.8. The molecule has 3 rings (SSSR count). The fourth-order valence-corrected chi connectivity index (χ4v) is 2.54. The van der Waals surface area contributed by atoms with E-state index in [-0.39, 0.29) is 11.8 Å². The van der Waals surface area contributed by atoms with Gasteiger partial charge in [-0.15, -0.1) is 5.10 Å². The van der Waals surface area contributed by atoms with Crippen LogP contribution in [0.15, 0.2) is 24.3 Å². The van der Waals surface area contributed by atoms with Crippen molar-refractivity contribution in [3.63, 3.8) is 0 Å². The van der Waals surface area contributed by atoms with Crippen LogP contribution in [0.25, 0.3) is 0 Å². The standard InChI is InChI=1S/C16H20N6O2/c1-11-18-16(20-21(11)2)19-15(24)13-5-3-12(4-6-13)9-22-8-7-17-14(23)10-22/h3-6H,7-10H2,1-2H3,(H,17,23)(H,19,20,24). The Kier molecular flexibility index (Phi) is 4.57. The predicted molar refractivity (Wildman–Crippen MR) is 88.4 cm³/mol. The molecule has 0 bridgehead atoms. The van der Waals surface area contributed by atoms with Crippen molar-refractivity contribution in [3.05, 3.63) is 41.2 Å². The Balaban J connectivity index is 1.61. The molecule has 0 unspecified atom stereocenters. The summed E-state index contributed by atoms with van der Waals surface area (Å²) < 4.78 is 1.60. The molecule has 2 heterocycles. The number of nitrogens with one attached hydrogen (secondary N) is 2. The molecule has 0 aliphatic carbocycles. The highest BCUT2D eigenvalue weighted by Crippen LogP contribution is 2.10. The first-order chi connectivity index (χ1) is 11.5. The van der Waals surface area contributed by atoms with E-state index in [0.717, 1.165) is 17.9 Å². The fraction of sp³-hybridized carbons (Fsp3) is 0.375. The summed E-state index contributed by atoms with van der Waals surface area (Å²) in [6.45, 7) is 4.43. The molecule has 8 nitrogen and oxygen atoms in total. The average molecular weight is 328 g/mol. The monoisotopic (exact) mass is 328 g/mol. The number of rotatable bonds is 4. The van der Waals surface area contributed by atoms with E-state index < -0.39 is 0 Å². The van der Waals surface area contributed by atoms with Gasteiger partial charge < -0.3 is 5.32 Å². The van der Waals surface area contributed by atoms with Crippen LogP contribution in [0.4, 0.5) is 5.95 Å². The number of aryl methyl sites for hydroxylation is 2. The first-order valence-corrected chi connectivity index (χ1v) is 7.78.